The molecule has 2 aromatic carbocycles. The van der Waals surface area contributed by atoms with Crippen LogP contribution in [0, 0.1) is 0 Å². The predicted molar refractivity (Wildman–Crippen MR) is 186 cm³/mol. The summed E-state index contributed by atoms with van der Waals surface area (Å²) in [7, 11) is 0. The lowest BCUT2D eigenvalue weighted by Gasteiger charge is -2.17. The van der Waals surface area contributed by atoms with Crippen LogP contribution in [-0.4, -0.2) is 18.7 Å². The zero-order chi connectivity index (χ0) is 31.7. The molecule has 4 heteroatoms. The van der Waals surface area contributed by atoms with Gasteiger partial charge in [0.1, 0.15) is 0 Å². The van der Waals surface area contributed by atoms with Crippen molar-refractivity contribution in [3.05, 3.63) is 59.7 Å². The van der Waals surface area contributed by atoms with Crippen molar-refractivity contribution in [3.63, 3.8) is 0 Å². The lowest BCUT2D eigenvalue weighted by atomic mass is 10.0. The highest BCUT2D eigenvalue weighted by Crippen LogP contribution is 2.29. The summed E-state index contributed by atoms with van der Waals surface area (Å²) in [5.74, 6) is 0.661. The molecule has 44 heavy (non-hydrogen) atoms. The molecule has 0 aliphatic heterocycles. The van der Waals surface area contributed by atoms with Crippen molar-refractivity contribution in [1.29, 1.82) is 0 Å². The van der Waals surface area contributed by atoms with Crippen molar-refractivity contribution in [2.45, 2.75) is 168 Å². The average molecular weight is 609 g/mol. The molecule has 2 atom stereocenters. The molecule has 0 amide bonds. The fourth-order valence-corrected chi connectivity index (χ4v) is 5.72. The van der Waals surface area contributed by atoms with E-state index in [9.17, 15) is 4.79 Å². The largest absolute Gasteiger partial charge is 0.487 e. The SMILES string of the molecule is CCCCCCCCCCCCCCCCCCCCOC(C)c1ccc(C(=O)Oc2ccccc2OC(C)CCC)cc1. The first-order chi connectivity index (χ1) is 21.5. The van der Waals surface area contributed by atoms with Gasteiger partial charge in [-0.15, -0.1) is 0 Å². The second-order valence-electron chi connectivity index (χ2n) is 12.7. The quantitative estimate of drug-likeness (QED) is 0.0575. The molecular weight excluding hydrogens is 544 g/mol. The molecule has 4 nitrogen and oxygen atoms in total. The van der Waals surface area contributed by atoms with Gasteiger partial charge in [0.05, 0.1) is 17.8 Å². The van der Waals surface area contributed by atoms with Crippen LogP contribution in [0.1, 0.15) is 178 Å². The first-order valence-electron chi connectivity index (χ1n) is 18.2. The Morgan fingerprint density at radius 1 is 0.591 bits per heavy atom. The van der Waals surface area contributed by atoms with Gasteiger partial charge in [0.15, 0.2) is 11.5 Å². The third-order valence-corrected chi connectivity index (χ3v) is 8.56. The molecule has 0 aromatic heterocycles. The summed E-state index contributed by atoms with van der Waals surface area (Å²) in [4.78, 5) is 12.8. The predicted octanol–water partition coefficient (Wildman–Crippen LogP) is 12.6. The lowest BCUT2D eigenvalue weighted by Crippen LogP contribution is -2.14. The van der Waals surface area contributed by atoms with Crippen LogP contribution >= 0.6 is 0 Å². The topological polar surface area (TPSA) is 44.8 Å². The van der Waals surface area contributed by atoms with Crippen LogP contribution in [0.4, 0.5) is 0 Å². The lowest BCUT2D eigenvalue weighted by molar-refractivity contribution is 0.0625. The molecule has 0 heterocycles. The van der Waals surface area contributed by atoms with Crippen molar-refractivity contribution >= 4 is 5.97 Å². The van der Waals surface area contributed by atoms with Crippen LogP contribution in [0.3, 0.4) is 0 Å². The summed E-state index contributed by atoms with van der Waals surface area (Å²) < 4.78 is 17.8. The zero-order valence-electron chi connectivity index (χ0n) is 28.8. The van der Waals surface area contributed by atoms with Gasteiger partial charge in [-0.2, -0.15) is 0 Å². The Balaban J connectivity index is 1.50. The van der Waals surface area contributed by atoms with Crippen molar-refractivity contribution in [1.82, 2.24) is 0 Å². The molecule has 2 rings (SSSR count). The minimum Gasteiger partial charge on any atom is -0.487 e. The molecule has 0 bridgehead atoms. The van der Waals surface area contributed by atoms with E-state index < -0.39 is 0 Å². The minimum atomic E-state index is -0.386. The van der Waals surface area contributed by atoms with E-state index in [1.165, 1.54) is 109 Å². The Hall–Kier alpha value is -2.33. The van der Waals surface area contributed by atoms with Gasteiger partial charge in [-0.3, -0.25) is 0 Å². The molecule has 2 aromatic rings. The molecule has 2 unspecified atom stereocenters. The van der Waals surface area contributed by atoms with E-state index >= 15 is 0 Å². The monoisotopic (exact) mass is 608 g/mol. The average Bonchev–Trinajstić information content (AvgIpc) is 3.03. The smallest absolute Gasteiger partial charge is 0.343 e. The highest BCUT2D eigenvalue weighted by molar-refractivity contribution is 5.91. The number of carbonyl (C=O) groups is 1. The van der Waals surface area contributed by atoms with Gasteiger partial charge >= 0.3 is 5.97 Å². The van der Waals surface area contributed by atoms with Gasteiger partial charge in [-0.25, -0.2) is 4.79 Å². The van der Waals surface area contributed by atoms with Crippen molar-refractivity contribution in [2.24, 2.45) is 0 Å². The molecule has 0 spiro atoms. The Morgan fingerprint density at radius 2 is 1.07 bits per heavy atom. The Kier molecular flexibility index (Phi) is 21.4. The van der Waals surface area contributed by atoms with Gasteiger partial charge in [-0.1, -0.05) is 154 Å². The molecule has 0 saturated heterocycles. The maximum Gasteiger partial charge on any atom is 0.343 e. The Bertz CT molecular complexity index is 970. The van der Waals surface area contributed by atoms with Crippen molar-refractivity contribution in [3.8, 4) is 11.5 Å². The van der Waals surface area contributed by atoms with Crippen LogP contribution in [-0.2, 0) is 4.74 Å². The van der Waals surface area contributed by atoms with Gasteiger partial charge in [0.25, 0.3) is 0 Å². The van der Waals surface area contributed by atoms with E-state index in [2.05, 4.69) is 20.8 Å². The molecule has 248 valence electrons. The number of para-hydroxylation sites is 2. The number of unbranched alkanes of at least 4 members (excludes halogenated alkanes) is 17. The second kappa shape index (κ2) is 24.9. The molecule has 0 fully saturated rings. The molecule has 0 aliphatic carbocycles. The van der Waals surface area contributed by atoms with E-state index in [0.717, 1.165) is 31.4 Å². The number of carbonyl (C=O) groups excluding carboxylic acids is 1. The summed E-state index contributed by atoms with van der Waals surface area (Å²) >= 11 is 0. The normalized spacial score (nSPS) is 12.6. The van der Waals surface area contributed by atoms with E-state index in [0.29, 0.717) is 17.1 Å². The van der Waals surface area contributed by atoms with E-state index in [1.807, 2.05) is 49.4 Å². The minimum absolute atomic E-state index is 0.0000412. The third kappa shape index (κ3) is 17.2. The maximum atomic E-state index is 12.8. The summed E-state index contributed by atoms with van der Waals surface area (Å²) in [5, 5.41) is 0. The van der Waals surface area contributed by atoms with Gasteiger partial charge in [-0.05, 0) is 56.5 Å². The van der Waals surface area contributed by atoms with Crippen molar-refractivity contribution in [2.75, 3.05) is 6.61 Å². The Morgan fingerprint density at radius 3 is 1.57 bits per heavy atom. The summed E-state index contributed by atoms with van der Waals surface area (Å²) in [6.45, 7) is 9.30. The zero-order valence-corrected chi connectivity index (χ0v) is 28.8. The van der Waals surface area contributed by atoms with E-state index in [-0.39, 0.29) is 18.2 Å². The van der Waals surface area contributed by atoms with Gasteiger partial charge in [0, 0.05) is 6.61 Å². The summed E-state index contributed by atoms with van der Waals surface area (Å²) in [5.41, 5.74) is 1.59. The molecule has 0 radical (unpaired) electrons. The van der Waals surface area contributed by atoms with Crippen LogP contribution in [0.25, 0.3) is 0 Å². The van der Waals surface area contributed by atoms with Crippen LogP contribution < -0.4 is 9.47 Å². The van der Waals surface area contributed by atoms with Crippen LogP contribution in [0.15, 0.2) is 48.5 Å². The highest BCUT2D eigenvalue weighted by Gasteiger charge is 2.15. The Labute approximate surface area is 270 Å². The summed E-state index contributed by atoms with van der Waals surface area (Å²) in [6, 6.07) is 14.9. The van der Waals surface area contributed by atoms with Gasteiger partial charge in [0.2, 0.25) is 0 Å². The number of hydrogen-bond acceptors (Lipinski definition) is 4. The van der Waals surface area contributed by atoms with E-state index in [1.54, 1.807) is 6.07 Å². The molecule has 0 aliphatic rings. The fraction of sp³-hybridized carbons (Fsp3) is 0.675. The number of esters is 1. The second-order valence-corrected chi connectivity index (χ2v) is 12.7. The number of hydrogen-bond donors (Lipinski definition) is 0. The highest BCUT2D eigenvalue weighted by atomic mass is 16.6. The van der Waals surface area contributed by atoms with Crippen LogP contribution in [0.5, 0.6) is 11.5 Å². The maximum absolute atomic E-state index is 12.8. The van der Waals surface area contributed by atoms with Gasteiger partial charge < -0.3 is 14.2 Å². The molecule has 0 N–H and O–H groups in total. The number of benzene rings is 2. The first-order valence-corrected chi connectivity index (χ1v) is 18.2. The first kappa shape index (κ1) is 37.9. The summed E-state index contributed by atoms with van der Waals surface area (Å²) in [6.07, 6.45) is 27.0. The van der Waals surface area contributed by atoms with E-state index in [4.69, 9.17) is 14.2 Å². The molecular formula is C40H64O4. The number of ether oxygens (including phenoxy) is 3. The standard InChI is InChI=1S/C40H64O4/c1-5-7-8-9-10-11-12-13-14-15-16-17-18-19-20-21-22-25-33-42-35(4)36-29-31-37(32-30-36)40(41)44-39-28-24-23-27-38(39)43-34(3)26-6-2/h23-24,27-32,34-35H,5-22,25-26,33H2,1-4H3. The van der Waals surface area contributed by atoms with Crippen molar-refractivity contribution < 1.29 is 19.0 Å². The third-order valence-electron chi connectivity index (χ3n) is 8.56. The van der Waals surface area contributed by atoms with Crippen LogP contribution in [0.2, 0.25) is 0 Å². The number of rotatable bonds is 27. The fourth-order valence-electron chi connectivity index (χ4n) is 5.72. The molecule has 0 saturated carbocycles.